The molecular formula is C17H21ClN6O. The van der Waals surface area contributed by atoms with Gasteiger partial charge in [0.2, 0.25) is 11.9 Å². The van der Waals surface area contributed by atoms with Gasteiger partial charge in [-0.2, -0.15) is 5.10 Å². The molecule has 0 unspecified atom stereocenters. The highest BCUT2D eigenvalue weighted by Gasteiger charge is 2.37. The first-order valence-electron chi connectivity index (χ1n) is 8.68. The number of hydrogen-bond acceptors (Lipinski definition) is 5. The molecule has 3 aliphatic heterocycles. The molecule has 2 aromatic heterocycles. The van der Waals surface area contributed by atoms with E-state index in [9.17, 15) is 4.79 Å². The van der Waals surface area contributed by atoms with Gasteiger partial charge in [-0.25, -0.2) is 9.97 Å². The van der Waals surface area contributed by atoms with E-state index in [2.05, 4.69) is 24.9 Å². The smallest absolute Gasteiger partial charge is 0.225 e. The SMILES string of the molecule is O=C(CCn1cc(Cl)cn1)N1C[C@H]2CC[C@@H]1CN(c1ncccn1)C2. The molecule has 0 spiro atoms. The number of aromatic nitrogens is 4. The van der Waals surface area contributed by atoms with Crippen molar-refractivity contribution in [3.05, 3.63) is 35.9 Å². The summed E-state index contributed by atoms with van der Waals surface area (Å²) in [7, 11) is 0. The van der Waals surface area contributed by atoms with Crippen LogP contribution in [0, 0.1) is 5.92 Å². The van der Waals surface area contributed by atoms with Gasteiger partial charge >= 0.3 is 0 Å². The van der Waals surface area contributed by atoms with Gasteiger partial charge in [0.15, 0.2) is 0 Å². The molecule has 7 nitrogen and oxygen atoms in total. The fourth-order valence-electron chi connectivity index (χ4n) is 3.82. The van der Waals surface area contributed by atoms with Crippen LogP contribution in [0.1, 0.15) is 19.3 Å². The van der Waals surface area contributed by atoms with Crippen LogP contribution in [0.5, 0.6) is 0 Å². The molecule has 1 amide bonds. The highest BCUT2D eigenvalue weighted by molar-refractivity contribution is 6.30. The molecule has 0 aromatic carbocycles. The van der Waals surface area contributed by atoms with Crippen LogP contribution in [0.25, 0.3) is 0 Å². The summed E-state index contributed by atoms with van der Waals surface area (Å²) in [6, 6.07) is 2.06. The first kappa shape index (κ1) is 16.3. The third-order valence-corrected chi connectivity index (χ3v) is 5.22. The Bertz CT molecular complexity index is 736. The topological polar surface area (TPSA) is 67.2 Å². The van der Waals surface area contributed by atoms with E-state index in [-0.39, 0.29) is 11.9 Å². The predicted molar refractivity (Wildman–Crippen MR) is 94.3 cm³/mol. The van der Waals surface area contributed by atoms with Gasteiger partial charge < -0.3 is 9.80 Å². The number of nitrogens with zero attached hydrogens (tertiary/aromatic N) is 6. The third-order valence-electron chi connectivity index (χ3n) is 5.03. The number of piperidine rings is 1. The molecule has 0 saturated carbocycles. The molecule has 5 heterocycles. The minimum Gasteiger partial charge on any atom is -0.338 e. The Balaban J connectivity index is 1.42. The molecule has 2 atom stereocenters. The van der Waals surface area contributed by atoms with Gasteiger partial charge in [-0.3, -0.25) is 9.48 Å². The second kappa shape index (κ2) is 7.00. The minimum atomic E-state index is 0.192. The maximum absolute atomic E-state index is 12.8. The van der Waals surface area contributed by atoms with Crippen molar-refractivity contribution < 1.29 is 4.79 Å². The Labute approximate surface area is 151 Å². The van der Waals surface area contributed by atoms with Gasteiger partial charge in [-0.15, -0.1) is 0 Å². The molecule has 132 valence electrons. The van der Waals surface area contributed by atoms with Gasteiger partial charge in [0.1, 0.15) is 0 Å². The number of carbonyl (C=O) groups excluding carboxylic acids is 1. The zero-order valence-corrected chi connectivity index (χ0v) is 14.7. The number of carbonyl (C=O) groups is 1. The lowest BCUT2D eigenvalue weighted by Crippen LogP contribution is -2.47. The molecule has 0 radical (unpaired) electrons. The quantitative estimate of drug-likeness (QED) is 0.832. The number of anilines is 1. The zero-order chi connectivity index (χ0) is 17.2. The van der Waals surface area contributed by atoms with E-state index in [4.69, 9.17) is 11.6 Å². The van der Waals surface area contributed by atoms with Crippen LogP contribution in [0.15, 0.2) is 30.9 Å². The van der Waals surface area contributed by atoms with Gasteiger partial charge in [0.05, 0.1) is 11.2 Å². The Hall–Kier alpha value is -2.15. The van der Waals surface area contributed by atoms with Crippen LogP contribution in [0.4, 0.5) is 5.95 Å². The van der Waals surface area contributed by atoms with Crippen molar-refractivity contribution in [1.82, 2.24) is 24.6 Å². The van der Waals surface area contributed by atoms with E-state index in [1.807, 2.05) is 6.07 Å². The first-order chi connectivity index (χ1) is 12.2. The van der Waals surface area contributed by atoms with E-state index in [1.54, 1.807) is 29.5 Å². The van der Waals surface area contributed by atoms with Crippen LogP contribution in [0.2, 0.25) is 5.02 Å². The molecule has 5 rings (SSSR count). The Morgan fingerprint density at radius 3 is 2.80 bits per heavy atom. The van der Waals surface area contributed by atoms with Crippen LogP contribution < -0.4 is 4.90 Å². The lowest BCUT2D eigenvalue weighted by molar-refractivity contribution is -0.135. The summed E-state index contributed by atoms with van der Waals surface area (Å²) >= 11 is 5.88. The summed E-state index contributed by atoms with van der Waals surface area (Å²) < 4.78 is 1.72. The van der Waals surface area contributed by atoms with E-state index >= 15 is 0 Å². The summed E-state index contributed by atoms with van der Waals surface area (Å²) in [4.78, 5) is 25.8. The number of halogens is 1. The van der Waals surface area contributed by atoms with Crippen molar-refractivity contribution in [1.29, 1.82) is 0 Å². The molecule has 0 N–H and O–H groups in total. The van der Waals surface area contributed by atoms with Gasteiger partial charge in [0, 0.05) is 57.2 Å². The summed E-state index contributed by atoms with van der Waals surface area (Å²) in [6.45, 7) is 3.11. The third kappa shape index (κ3) is 3.61. The Morgan fingerprint density at radius 1 is 1.20 bits per heavy atom. The summed E-state index contributed by atoms with van der Waals surface area (Å²) in [5.41, 5.74) is 0. The number of aryl methyl sites for hydroxylation is 1. The molecule has 25 heavy (non-hydrogen) atoms. The maximum Gasteiger partial charge on any atom is 0.225 e. The Kier molecular flexibility index (Phi) is 4.57. The van der Waals surface area contributed by atoms with Crippen LogP contribution >= 0.6 is 11.6 Å². The lowest BCUT2D eigenvalue weighted by atomic mass is 9.95. The summed E-state index contributed by atoms with van der Waals surface area (Å²) in [5.74, 6) is 1.43. The second-order valence-corrected chi connectivity index (χ2v) is 7.21. The van der Waals surface area contributed by atoms with E-state index in [1.165, 1.54) is 0 Å². The van der Waals surface area contributed by atoms with Gasteiger partial charge in [-0.05, 0) is 24.8 Å². The van der Waals surface area contributed by atoms with Crippen molar-refractivity contribution in [2.75, 3.05) is 24.5 Å². The number of rotatable bonds is 4. The molecule has 3 aliphatic rings. The second-order valence-electron chi connectivity index (χ2n) is 6.77. The molecule has 8 heteroatoms. The van der Waals surface area contributed by atoms with Crippen LogP contribution in [-0.4, -0.2) is 56.2 Å². The minimum absolute atomic E-state index is 0.192. The highest BCUT2D eigenvalue weighted by Crippen LogP contribution is 2.29. The van der Waals surface area contributed by atoms with Crippen molar-refractivity contribution in [3.63, 3.8) is 0 Å². The molecule has 3 fully saturated rings. The standard InChI is InChI=1S/C17H21ClN6O/c18-14-8-21-23(11-14)7-4-16(25)24-10-13-2-3-15(24)12-22(9-13)17-19-5-1-6-20-17/h1,5-6,8,11,13,15H,2-4,7,9-10,12H2/t13-,15+/m0/s1. The lowest BCUT2D eigenvalue weighted by Gasteiger charge is -2.36. The Morgan fingerprint density at radius 2 is 2.04 bits per heavy atom. The fourth-order valence-corrected chi connectivity index (χ4v) is 3.98. The van der Waals surface area contributed by atoms with E-state index < -0.39 is 0 Å². The average Bonchev–Trinajstić information content (AvgIpc) is 2.85. The van der Waals surface area contributed by atoms with Crippen LogP contribution in [-0.2, 0) is 11.3 Å². The molecule has 2 bridgehead atoms. The molecule has 0 aliphatic carbocycles. The maximum atomic E-state index is 12.8. The zero-order valence-electron chi connectivity index (χ0n) is 14.0. The average molecular weight is 361 g/mol. The molecule has 3 saturated heterocycles. The number of fused-ring (bicyclic) bond motifs is 4. The summed E-state index contributed by atoms with van der Waals surface area (Å²) in [6.07, 6.45) is 9.54. The first-order valence-corrected chi connectivity index (χ1v) is 9.06. The largest absolute Gasteiger partial charge is 0.338 e. The van der Waals surface area contributed by atoms with Crippen LogP contribution in [0.3, 0.4) is 0 Å². The molecule has 2 aromatic rings. The van der Waals surface area contributed by atoms with Crippen molar-refractivity contribution in [3.8, 4) is 0 Å². The van der Waals surface area contributed by atoms with E-state index in [0.717, 1.165) is 38.4 Å². The normalized spacial score (nSPS) is 22.9. The van der Waals surface area contributed by atoms with E-state index in [0.29, 0.717) is 23.9 Å². The van der Waals surface area contributed by atoms with Gasteiger partial charge in [0.25, 0.3) is 0 Å². The highest BCUT2D eigenvalue weighted by atomic mass is 35.5. The van der Waals surface area contributed by atoms with Crippen molar-refractivity contribution in [2.45, 2.75) is 31.8 Å². The van der Waals surface area contributed by atoms with Crippen molar-refractivity contribution in [2.24, 2.45) is 5.92 Å². The monoisotopic (exact) mass is 360 g/mol. The number of hydrogen-bond donors (Lipinski definition) is 0. The fraction of sp³-hybridized carbons (Fsp3) is 0.529. The predicted octanol–water partition coefficient (Wildman–Crippen LogP) is 1.84. The van der Waals surface area contributed by atoms with Crippen molar-refractivity contribution >= 4 is 23.5 Å². The number of amides is 1. The summed E-state index contributed by atoms with van der Waals surface area (Å²) in [5, 5.41) is 4.74. The molecular weight excluding hydrogens is 340 g/mol. The van der Waals surface area contributed by atoms with Gasteiger partial charge in [-0.1, -0.05) is 11.6 Å².